The van der Waals surface area contributed by atoms with Crippen LogP contribution in [0.4, 0.5) is 0 Å². The molecule has 0 heterocycles. The number of aryl methyl sites for hydroxylation is 1. The molecule has 4 heteroatoms. The van der Waals surface area contributed by atoms with Crippen LogP contribution in [0.15, 0.2) is 42.0 Å². The number of aliphatic hydroxyl groups is 1. The van der Waals surface area contributed by atoms with E-state index in [0.29, 0.717) is 5.75 Å². The first-order chi connectivity index (χ1) is 9.93. The van der Waals surface area contributed by atoms with Crippen molar-refractivity contribution in [1.29, 1.82) is 0 Å². The van der Waals surface area contributed by atoms with Crippen LogP contribution in [0, 0.1) is 0 Å². The molecule has 0 fully saturated rings. The van der Waals surface area contributed by atoms with Crippen LogP contribution in [-0.4, -0.2) is 35.2 Å². The average Bonchev–Trinajstić information content (AvgIpc) is 2.44. The number of allylic oxidation sites excluding steroid dienone is 1. The molecule has 1 unspecified atom stereocenters. The standard InChI is InChI=1S/C17H25NO2S/c1-14(9-10-15-7-5-4-6-8-15)11-16(19)18-12-17(2,20)13-21-3/h4-8,11,20H,9-10,12-13H2,1-3H3,(H,18,19). The van der Waals surface area contributed by atoms with Crippen molar-refractivity contribution in [2.24, 2.45) is 0 Å². The smallest absolute Gasteiger partial charge is 0.244 e. The molecule has 2 N–H and O–H groups in total. The summed E-state index contributed by atoms with van der Waals surface area (Å²) in [6.45, 7) is 3.97. The van der Waals surface area contributed by atoms with Gasteiger partial charge in [-0.2, -0.15) is 11.8 Å². The second-order valence-electron chi connectivity index (χ2n) is 5.62. The van der Waals surface area contributed by atoms with E-state index in [1.54, 1.807) is 24.8 Å². The van der Waals surface area contributed by atoms with Crippen molar-refractivity contribution in [3.8, 4) is 0 Å². The van der Waals surface area contributed by atoms with Crippen molar-refractivity contribution >= 4 is 17.7 Å². The molecule has 0 saturated carbocycles. The summed E-state index contributed by atoms with van der Waals surface area (Å²) in [7, 11) is 0. The Bertz CT molecular complexity index is 469. The lowest BCUT2D eigenvalue weighted by molar-refractivity contribution is -0.117. The van der Waals surface area contributed by atoms with Crippen molar-refractivity contribution < 1.29 is 9.90 Å². The zero-order valence-electron chi connectivity index (χ0n) is 13.1. The zero-order chi connectivity index (χ0) is 15.7. The van der Waals surface area contributed by atoms with Crippen molar-refractivity contribution in [3.05, 3.63) is 47.5 Å². The lowest BCUT2D eigenvalue weighted by atomic mass is 10.1. The number of hydrogen-bond acceptors (Lipinski definition) is 3. The highest BCUT2D eigenvalue weighted by Crippen LogP contribution is 2.10. The maximum atomic E-state index is 11.8. The molecule has 3 nitrogen and oxygen atoms in total. The molecule has 0 saturated heterocycles. The number of thioether (sulfide) groups is 1. The minimum atomic E-state index is -0.860. The van der Waals surface area contributed by atoms with Gasteiger partial charge in [0.1, 0.15) is 0 Å². The fourth-order valence-corrected chi connectivity index (χ4v) is 2.70. The fourth-order valence-electron chi connectivity index (χ4n) is 1.97. The van der Waals surface area contributed by atoms with Gasteiger partial charge in [0.25, 0.3) is 0 Å². The number of hydrogen-bond donors (Lipinski definition) is 2. The van der Waals surface area contributed by atoms with Gasteiger partial charge >= 0.3 is 0 Å². The number of nitrogens with one attached hydrogen (secondary N) is 1. The topological polar surface area (TPSA) is 49.3 Å². The summed E-state index contributed by atoms with van der Waals surface area (Å²) in [6.07, 6.45) is 5.35. The second kappa shape index (κ2) is 8.90. The molecule has 1 aromatic carbocycles. The van der Waals surface area contributed by atoms with Gasteiger partial charge in [-0.25, -0.2) is 0 Å². The summed E-state index contributed by atoms with van der Waals surface area (Å²) in [5.41, 5.74) is 1.45. The lowest BCUT2D eigenvalue weighted by Crippen LogP contribution is -2.42. The Hall–Kier alpha value is -1.26. The van der Waals surface area contributed by atoms with Gasteiger partial charge < -0.3 is 10.4 Å². The molecule has 0 radical (unpaired) electrons. The fraction of sp³-hybridized carbons (Fsp3) is 0.471. The number of benzene rings is 1. The minimum absolute atomic E-state index is 0.137. The first kappa shape index (κ1) is 17.8. The molecule has 1 aromatic rings. The Morgan fingerprint density at radius 3 is 2.67 bits per heavy atom. The van der Waals surface area contributed by atoms with Crippen LogP contribution < -0.4 is 5.32 Å². The third kappa shape index (κ3) is 7.93. The Morgan fingerprint density at radius 2 is 2.05 bits per heavy atom. The summed E-state index contributed by atoms with van der Waals surface area (Å²) in [5.74, 6) is 0.464. The monoisotopic (exact) mass is 307 g/mol. The van der Waals surface area contributed by atoms with Crippen LogP contribution in [0.1, 0.15) is 25.8 Å². The molecule has 1 rings (SSSR count). The van der Waals surface area contributed by atoms with Gasteiger partial charge in [-0.15, -0.1) is 0 Å². The SMILES string of the molecule is CSCC(C)(O)CNC(=O)C=C(C)CCc1ccccc1. The molecular formula is C17H25NO2S. The molecule has 0 aromatic heterocycles. The predicted molar refractivity (Wildman–Crippen MR) is 90.5 cm³/mol. The molecule has 1 amide bonds. The molecule has 0 aliphatic carbocycles. The third-order valence-electron chi connectivity index (χ3n) is 3.13. The Morgan fingerprint density at radius 1 is 1.38 bits per heavy atom. The van der Waals surface area contributed by atoms with E-state index in [1.165, 1.54) is 5.56 Å². The molecule has 116 valence electrons. The van der Waals surface area contributed by atoms with Crippen LogP contribution in [0.3, 0.4) is 0 Å². The summed E-state index contributed by atoms with van der Waals surface area (Å²) in [6, 6.07) is 10.2. The van der Waals surface area contributed by atoms with E-state index >= 15 is 0 Å². The van der Waals surface area contributed by atoms with Crippen molar-refractivity contribution in [2.45, 2.75) is 32.3 Å². The molecule has 21 heavy (non-hydrogen) atoms. The molecule has 0 aliphatic rings. The van der Waals surface area contributed by atoms with Gasteiger partial charge in [0.15, 0.2) is 0 Å². The second-order valence-corrected chi connectivity index (χ2v) is 6.49. The third-order valence-corrected chi connectivity index (χ3v) is 4.04. The maximum absolute atomic E-state index is 11.8. The van der Waals surface area contributed by atoms with Gasteiger partial charge in [-0.05, 0) is 38.5 Å². The molecule has 0 aliphatic heterocycles. The number of amides is 1. The van der Waals surface area contributed by atoms with Crippen molar-refractivity contribution in [3.63, 3.8) is 0 Å². The molecule has 0 spiro atoms. The minimum Gasteiger partial charge on any atom is -0.387 e. The van der Waals surface area contributed by atoms with Crippen LogP contribution in [0.2, 0.25) is 0 Å². The van der Waals surface area contributed by atoms with Crippen LogP contribution >= 0.6 is 11.8 Å². The van der Waals surface area contributed by atoms with Gasteiger partial charge in [0, 0.05) is 18.4 Å². The van der Waals surface area contributed by atoms with Crippen LogP contribution in [-0.2, 0) is 11.2 Å². The van der Waals surface area contributed by atoms with Gasteiger partial charge in [0.2, 0.25) is 5.91 Å². The van der Waals surface area contributed by atoms with E-state index in [2.05, 4.69) is 17.4 Å². The largest absolute Gasteiger partial charge is 0.387 e. The first-order valence-corrected chi connectivity index (χ1v) is 8.52. The quantitative estimate of drug-likeness (QED) is 0.726. The molecule has 1 atom stereocenters. The van der Waals surface area contributed by atoms with E-state index in [9.17, 15) is 9.90 Å². The Balaban J connectivity index is 2.37. The summed E-state index contributed by atoms with van der Waals surface area (Å²) in [5, 5.41) is 12.8. The van der Waals surface area contributed by atoms with Crippen LogP contribution in [0.25, 0.3) is 0 Å². The van der Waals surface area contributed by atoms with E-state index in [0.717, 1.165) is 18.4 Å². The van der Waals surface area contributed by atoms with Crippen molar-refractivity contribution in [1.82, 2.24) is 5.32 Å². The molecular weight excluding hydrogens is 282 g/mol. The van der Waals surface area contributed by atoms with Gasteiger partial charge in [-0.3, -0.25) is 4.79 Å². The highest BCUT2D eigenvalue weighted by atomic mass is 32.2. The van der Waals surface area contributed by atoms with Crippen LogP contribution in [0.5, 0.6) is 0 Å². The highest BCUT2D eigenvalue weighted by molar-refractivity contribution is 7.98. The Kier molecular flexibility index (Phi) is 7.54. The molecule has 0 bridgehead atoms. The van der Waals surface area contributed by atoms with E-state index in [-0.39, 0.29) is 12.5 Å². The summed E-state index contributed by atoms with van der Waals surface area (Å²) >= 11 is 1.56. The Labute approximate surface area is 131 Å². The van der Waals surface area contributed by atoms with E-state index in [4.69, 9.17) is 0 Å². The maximum Gasteiger partial charge on any atom is 0.244 e. The van der Waals surface area contributed by atoms with Gasteiger partial charge in [-0.1, -0.05) is 35.9 Å². The normalized spacial score (nSPS) is 14.6. The summed E-state index contributed by atoms with van der Waals surface area (Å²) in [4.78, 5) is 11.8. The first-order valence-electron chi connectivity index (χ1n) is 7.13. The number of rotatable bonds is 8. The predicted octanol–water partition coefficient (Wildman–Crippen LogP) is 2.80. The van der Waals surface area contributed by atoms with E-state index in [1.807, 2.05) is 31.4 Å². The number of carbonyl (C=O) groups excluding carboxylic acids is 1. The lowest BCUT2D eigenvalue weighted by Gasteiger charge is -2.22. The van der Waals surface area contributed by atoms with Crippen molar-refractivity contribution in [2.75, 3.05) is 18.6 Å². The summed E-state index contributed by atoms with van der Waals surface area (Å²) < 4.78 is 0. The number of carbonyl (C=O) groups is 1. The average molecular weight is 307 g/mol. The van der Waals surface area contributed by atoms with Gasteiger partial charge in [0.05, 0.1) is 5.60 Å². The highest BCUT2D eigenvalue weighted by Gasteiger charge is 2.19. The zero-order valence-corrected chi connectivity index (χ0v) is 13.9. The van der Waals surface area contributed by atoms with E-state index < -0.39 is 5.60 Å².